The topological polar surface area (TPSA) is 53.8 Å². The zero-order chi connectivity index (χ0) is 19.9. The molecule has 0 aliphatic carbocycles. The van der Waals surface area contributed by atoms with Gasteiger partial charge in [-0.05, 0) is 50.2 Å². The summed E-state index contributed by atoms with van der Waals surface area (Å²) in [5, 5.41) is 0. The molecule has 1 aromatic heterocycles. The molecule has 3 heterocycles. The summed E-state index contributed by atoms with van der Waals surface area (Å²) in [4.78, 5) is 29.5. The molecular formula is C23H28N2O3. The van der Waals surface area contributed by atoms with Crippen LogP contribution in [0.2, 0.25) is 0 Å². The maximum absolute atomic E-state index is 12.9. The van der Waals surface area contributed by atoms with E-state index in [0.29, 0.717) is 11.3 Å². The SMILES string of the molecule is Cc1cc(C(=O)N2CCC3(CC2)C[C@@H](c2ccccc2)C(=O)N(C)C3)c(C)o1. The first-order valence-electron chi connectivity index (χ1n) is 10.0. The Hall–Kier alpha value is -2.56. The standard InChI is InChI=1S/C23H28N2O3/c1-16-13-19(17(2)28-16)22(27)25-11-9-23(10-12-25)14-20(21(26)24(3)15-23)18-7-5-4-6-8-18/h4-8,13,20H,9-12,14-15H2,1-3H3/t20-/m0/s1. The molecule has 28 heavy (non-hydrogen) atoms. The fourth-order valence-corrected chi connectivity index (χ4v) is 4.94. The minimum Gasteiger partial charge on any atom is -0.466 e. The second kappa shape index (κ2) is 7.12. The number of likely N-dealkylation sites (tertiary alicyclic amines) is 2. The van der Waals surface area contributed by atoms with Crippen LogP contribution in [0.5, 0.6) is 0 Å². The van der Waals surface area contributed by atoms with E-state index in [0.717, 1.165) is 50.2 Å². The number of nitrogens with zero attached hydrogens (tertiary/aromatic N) is 2. The highest BCUT2D eigenvalue weighted by Crippen LogP contribution is 2.45. The summed E-state index contributed by atoms with van der Waals surface area (Å²) in [6, 6.07) is 11.9. The van der Waals surface area contributed by atoms with Gasteiger partial charge in [0.15, 0.2) is 0 Å². The van der Waals surface area contributed by atoms with Crippen molar-refractivity contribution in [2.24, 2.45) is 5.41 Å². The van der Waals surface area contributed by atoms with Crippen LogP contribution in [0.25, 0.3) is 0 Å². The van der Waals surface area contributed by atoms with Crippen LogP contribution in [-0.2, 0) is 4.79 Å². The van der Waals surface area contributed by atoms with E-state index in [1.807, 2.05) is 55.0 Å². The molecule has 148 valence electrons. The Kier molecular flexibility index (Phi) is 4.77. The Morgan fingerprint density at radius 1 is 1.14 bits per heavy atom. The van der Waals surface area contributed by atoms with Gasteiger partial charge in [-0.3, -0.25) is 9.59 Å². The lowest BCUT2D eigenvalue weighted by atomic mass is 9.67. The summed E-state index contributed by atoms with van der Waals surface area (Å²) in [7, 11) is 1.91. The van der Waals surface area contributed by atoms with Gasteiger partial charge in [0.1, 0.15) is 11.5 Å². The minimum atomic E-state index is -0.0824. The quantitative estimate of drug-likeness (QED) is 0.797. The number of furan rings is 1. The molecule has 5 heteroatoms. The van der Waals surface area contributed by atoms with Crippen molar-refractivity contribution in [2.75, 3.05) is 26.7 Å². The van der Waals surface area contributed by atoms with Gasteiger partial charge in [0, 0.05) is 26.7 Å². The highest BCUT2D eigenvalue weighted by molar-refractivity contribution is 5.95. The van der Waals surface area contributed by atoms with Crippen molar-refractivity contribution in [1.82, 2.24) is 9.80 Å². The minimum absolute atomic E-state index is 0.0593. The lowest BCUT2D eigenvalue weighted by molar-refractivity contribution is -0.139. The van der Waals surface area contributed by atoms with Crippen molar-refractivity contribution in [1.29, 1.82) is 0 Å². The number of benzene rings is 1. The third-order valence-electron chi connectivity index (χ3n) is 6.47. The molecular weight excluding hydrogens is 352 g/mol. The van der Waals surface area contributed by atoms with E-state index >= 15 is 0 Å². The number of hydrogen-bond donors (Lipinski definition) is 0. The van der Waals surface area contributed by atoms with Crippen molar-refractivity contribution in [2.45, 2.75) is 39.0 Å². The van der Waals surface area contributed by atoms with Gasteiger partial charge in [0.2, 0.25) is 5.91 Å². The first-order valence-corrected chi connectivity index (χ1v) is 10.0. The molecule has 2 amide bonds. The Labute approximate surface area is 166 Å². The third kappa shape index (κ3) is 3.34. The van der Waals surface area contributed by atoms with Crippen LogP contribution in [0.4, 0.5) is 0 Å². The van der Waals surface area contributed by atoms with E-state index in [4.69, 9.17) is 4.42 Å². The van der Waals surface area contributed by atoms with Crippen LogP contribution < -0.4 is 0 Å². The van der Waals surface area contributed by atoms with Crippen molar-refractivity contribution >= 4 is 11.8 Å². The monoisotopic (exact) mass is 380 g/mol. The van der Waals surface area contributed by atoms with E-state index in [9.17, 15) is 9.59 Å². The maximum atomic E-state index is 12.9. The van der Waals surface area contributed by atoms with Crippen molar-refractivity contribution < 1.29 is 14.0 Å². The van der Waals surface area contributed by atoms with Gasteiger partial charge in [-0.25, -0.2) is 0 Å². The predicted octanol–water partition coefficient (Wildman–Crippen LogP) is 3.76. The van der Waals surface area contributed by atoms with Crippen LogP contribution in [0.3, 0.4) is 0 Å². The summed E-state index contributed by atoms with van der Waals surface area (Å²) in [6.07, 6.45) is 2.72. The summed E-state index contributed by atoms with van der Waals surface area (Å²) < 4.78 is 5.53. The fourth-order valence-electron chi connectivity index (χ4n) is 4.94. The molecule has 1 atom stereocenters. The summed E-state index contributed by atoms with van der Waals surface area (Å²) in [6.45, 7) is 5.95. The lowest BCUT2D eigenvalue weighted by Gasteiger charge is -2.49. The molecule has 2 saturated heterocycles. The Bertz CT molecular complexity index is 879. The summed E-state index contributed by atoms with van der Waals surface area (Å²) >= 11 is 0. The highest BCUT2D eigenvalue weighted by Gasteiger charge is 2.45. The largest absolute Gasteiger partial charge is 0.466 e. The van der Waals surface area contributed by atoms with Crippen molar-refractivity contribution in [3.05, 3.63) is 59.0 Å². The molecule has 1 aromatic carbocycles. The van der Waals surface area contributed by atoms with Gasteiger partial charge >= 0.3 is 0 Å². The van der Waals surface area contributed by atoms with Crippen LogP contribution in [0, 0.1) is 19.3 Å². The summed E-state index contributed by atoms with van der Waals surface area (Å²) in [5.74, 6) is 1.65. The number of amides is 2. The van der Waals surface area contributed by atoms with Gasteiger partial charge in [0.05, 0.1) is 11.5 Å². The molecule has 0 saturated carbocycles. The average Bonchev–Trinajstić information content (AvgIpc) is 3.04. The first kappa shape index (κ1) is 18.8. The molecule has 5 nitrogen and oxygen atoms in total. The number of carbonyl (C=O) groups is 2. The van der Waals surface area contributed by atoms with Crippen molar-refractivity contribution in [3.63, 3.8) is 0 Å². The molecule has 0 bridgehead atoms. The predicted molar refractivity (Wildman–Crippen MR) is 107 cm³/mol. The molecule has 0 radical (unpaired) electrons. The van der Waals surface area contributed by atoms with E-state index in [1.165, 1.54) is 0 Å². The summed E-state index contributed by atoms with van der Waals surface area (Å²) in [5.41, 5.74) is 1.86. The molecule has 2 fully saturated rings. The Morgan fingerprint density at radius 2 is 1.82 bits per heavy atom. The van der Waals surface area contributed by atoms with Gasteiger partial charge in [-0.15, -0.1) is 0 Å². The molecule has 2 aliphatic heterocycles. The van der Waals surface area contributed by atoms with E-state index in [-0.39, 0.29) is 23.1 Å². The number of carbonyl (C=O) groups excluding carboxylic acids is 2. The Morgan fingerprint density at radius 3 is 2.43 bits per heavy atom. The van der Waals surface area contributed by atoms with Crippen LogP contribution in [0.15, 0.2) is 40.8 Å². The molecule has 2 aliphatic rings. The first-order chi connectivity index (χ1) is 13.4. The van der Waals surface area contributed by atoms with E-state index in [2.05, 4.69) is 12.1 Å². The lowest BCUT2D eigenvalue weighted by Crippen LogP contribution is -2.53. The molecule has 1 spiro atoms. The van der Waals surface area contributed by atoms with E-state index in [1.54, 1.807) is 0 Å². The third-order valence-corrected chi connectivity index (χ3v) is 6.47. The number of rotatable bonds is 2. The van der Waals surface area contributed by atoms with Gasteiger partial charge in [-0.1, -0.05) is 30.3 Å². The average molecular weight is 380 g/mol. The van der Waals surface area contributed by atoms with Crippen LogP contribution in [-0.4, -0.2) is 48.3 Å². The maximum Gasteiger partial charge on any atom is 0.257 e. The van der Waals surface area contributed by atoms with Crippen LogP contribution in [0.1, 0.15) is 52.6 Å². The molecule has 0 N–H and O–H groups in total. The second-order valence-corrected chi connectivity index (χ2v) is 8.48. The highest BCUT2D eigenvalue weighted by atomic mass is 16.3. The van der Waals surface area contributed by atoms with Gasteiger partial charge < -0.3 is 14.2 Å². The number of aryl methyl sites for hydroxylation is 2. The smallest absolute Gasteiger partial charge is 0.257 e. The molecule has 0 unspecified atom stereocenters. The van der Waals surface area contributed by atoms with Gasteiger partial charge in [-0.2, -0.15) is 0 Å². The molecule has 2 aromatic rings. The zero-order valence-corrected chi connectivity index (χ0v) is 16.9. The number of piperidine rings is 2. The number of hydrogen-bond acceptors (Lipinski definition) is 3. The normalized spacial score (nSPS) is 22.0. The van der Waals surface area contributed by atoms with Gasteiger partial charge in [0.25, 0.3) is 5.91 Å². The molecule has 4 rings (SSSR count). The van der Waals surface area contributed by atoms with E-state index < -0.39 is 0 Å². The zero-order valence-electron chi connectivity index (χ0n) is 16.9. The Balaban J connectivity index is 1.49. The number of likely N-dealkylation sites (N-methyl/N-ethyl adjacent to an activating group) is 1. The van der Waals surface area contributed by atoms with Crippen LogP contribution >= 0.6 is 0 Å². The fraction of sp³-hybridized carbons (Fsp3) is 0.478. The van der Waals surface area contributed by atoms with Crippen molar-refractivity contribution in [3.8, 4) is 0 Å². The second-order valence-electron chi connectivity index (χ2n) is 8.48.